The van der Waals surface area contributed by atoms with Crippen molar-refractivity contribution in [3.8, 4) is 5.75 Å². The highest BCUT2D eigenvalue weighted by molar-refractivity contribution is 6.05. The lowest BCUT2D eigenvalue weighted by atomic mass is 10.1. The smallest absolute Gasteiger partial charge is 0.308 e. The minimum absolute atomic E-state index is 0.250. The van der Waals surface area contributed by atoms with Crippen molar-refractivity contribution in [2.45, 2.75) is 20.4 Å². The Morgan fingerprint density at radius 2 is 1.77 bits per heavy atom. The number of ether oxygens (including phenoxy) is 1. The van der Waals surface area contributed by atoms with Gasteiger partial charge in [0.15, 0.2) is 0 Å². The Kier molecular flexibility index (Phi) is 6.27. The normalized spacial score (nSPS) is 9.92. The number of benzene rings is 2. The number of amides is 2. The summed E-state index contributed by atoms with van der Waals surface area (Å²) in [7, 11) is 0. The summed E-state index contributed by atoms with van der Waals surface area (Å²) in [5.41, 5.74) is 2.10. The monoisotopic (exact) mass is 352 g/mol. The highest BCUT2D eigenvalue weighted by Gasteiger charge is 2.11. The van der Waals surface area contributed by atoms with Crippen LogP contribution in [0.4, 0.5) is 5.69 Å². The van der Waals surface area contributed by atoms with Crippen LogP contribution >= 0.6 is 0 Å². The maximum Gasteiger partial charge on any atom is 0.308 e. The second-order valence-corrected chi connectivity index (χ2v) is 5.70. The molecule has 0 unspecified atom stereocenters. The maximum atomic E-state index is 12.5. The number of esters is 1. The molecular formula is C20H20N2O4. The van der Waals surface area contributed by atoms with Crippen LogP contribution < -0.4 is 15.4 Å². The first-order valence-corrected chi connectivity index (χ1v) is 7.98. The highest BCUT2D eigenvalue weighted by atomic mass is 16.5. The van der Waals surface area contributed by atoms with Crippen LogP contribution in [0.15, 0.2) is 60.7 Å². The fraction of sp³-hybridized carbons (Fsp3) is 0.150. The lowest BCUT2D eigenvalue weighted by Crippen LogP contribution is -2.24. The van der Waals surface area contributed by atoms with Crippen LogP contribution in [0.5, 0.6) is 5.75 Å². The third-order valence-corrected chi connectivity index (χ3v) is 3.45. The number of anilines is 1. The molecule has 0 aliphatic rings. The van der Waals surface area contributed by atoms with Gasteiger partial charge in [-0.2, -0.15) is 0 Å². The molecule has 6 nitrogen and oxygen atoms in total. The van der Waals surface area contributed by atoms with E-state index in [-0.39, 0.29) is 18.4 Å². The van der Waals surface area contributed by atoms with E-state index in [0.29, 0.717) is 22.6 Å². The Hall–Kier alpha value is -3.41. The van der Waals surface area contributed by atoms with Crippen LogP contribution in [-0.4, -0.2) is 17.8 Å². The minimum atomic E-state index is -0.457. The molecule has 0 aliphatic carbocycles. The predicted molar refractivity (Wildman–Crippen MR) is 98.8 cm³/mol. The Morgan fingerprint density at radius 3 is 2.46 bits per heavy atom. The van der Waals surface area contributed by atoms with Gasteiger partial charge in [0.05, 0.1) is 0 Å². The summed E-state index contributed by atoms with van der Waals surface area (Å²) >= 11 is 0. The third kappa shape index (κ3) is 5.31. The van der Waals surface area contributed by atoms with E-state index in [1.807, 2.05) is 12.1 Å². The highest BCUT2D eigenvalue weighted by Crippen LogP contribution is 2.18. The lowest BCUT2D eigenvalue weighted by Gasteiger charge is -2.12. The zero-order chi connectivity index (χ0) is 19.1. The van der Waals surface area contributed by atoms with E-state index in [4.69, 9.17) is 4.74 Å². The zero-order valence-electron chi connectivity index (χ0n) is 14.7. The average molecular weight is 352 g/mol. The van der Waals surface area contributed by atoms with E-state index in [1.165, 1.54) is 13.0 Å². The van der Waals surface area contributed by atoms with E-state index < -0.39 is 5.97 Å². The van der Waals surface area contributed by atoms with Crippen molar-refractivity contribution >= 4 is 23.5 Å². The van der Waals surface area contributed by atoms with Gasteiger partial charge >= 0.3 is 5.97 Å². The first-order chi connectivity index (χ1) is 12.4. The molecule has 2 aromatic rings. The lowest BCUT2D eigenvalue weighted by molar-refractivity contribution is -0.131. The second-order valence-electron chi connectivity index (χ2n) is 5.70. The number of nitrogens with one attached hydrogen (secondary N) is 2. The molecule has 2 aromatic carbocycles. The van der Waals surface area contributed by atoms with Crippen LogP contribution in [0.3, 0.4) is 0 Å². The first kappa shape index (κ1) is 18.9. The molecule has 0 bridgehead atoms. The number of rotatable bonds is 6. The number of carbonyl (C=O) groups excluding carboxylic acids is 3. The Balaban J connectivity index is 2.13. The Morgan fingerprint density at radius 1 is 1.04 bits per heavy atom. The van der Waals surface area contributed by atoms with E-state index in [1.54, 1.807) is 37.3 Å². The average Bonchev–Trinajstić information content (AvgIpc) is 2.60. The van der Waals surface area contributed by atoms with Crippen LogP contribution in [0.1, 0.15) is 29.8 Å². The maximum absolute atomic E-state index is 12.5. The van der Waals surface area contributed by atoms with Gasteiger partial charge in [0.1, 0.15) is 5.75 Å². The van der Waals surface area contributed by atoms with Crippen molar-refractivity contribution in [1.29, 1.82) is 0 Å². The quantitative estimate of drug-likeness (QED) is 0.475. The molecule has 0 saturated carbocycles. The largest absolute Gasteiger partial charge is 0.427 e. The molecule has 0 spiro atoms. The first-order valence-electron chi connectivity index (χ1n) is 7.98. The van der Waals surface area contributed by atoms with Crippen molar-refractivity contribution in [1.82, 2.24) is 5.32 Å². The van der Waals surface area contributed by atoms with Crippen LogP contribution in [0, 0.1) is 0 Å². The minimum Gasteiger partial charge on any atom is -0.427 e. The van der Waals surface area contributed by atoms with Gasteiger partial charge in [-0.15, -0.1) is 0 Å². The van der Waals surface area contributed by atoms with Crippen LogP contribution in [-0.2, 0) is 16.1 Å². The van der Waals surface area contributed by atoms with E-state index in [0.717, 1.165) is 5.56 Å². The fourth-order valence-electron chi connectivity index (χ4n) is 2.18. The molecule has 26 heavy (non-hydrogen) atoms. The summed E-state index contributed by atoms with van der Waals surface area (Å²) in [5, 5.41) is 5.54. The van der Waals surface area contributed by atoms with Crippen LogP contribution in [0.25, 0.3) is 0 Å². The van der Waals surface area contributed by atoms with Gasteiger partial charge < -0.3 is 15.4 Å². The summed E-state index contributed by atoms with van der Waals surface area (Å²) in [5.74, 6) is -0.758. The Bertz CT molecular complexity index is 858. The number of hydrogen-bond donors (Lipinski definition) is 2. The van der Waals surface area contributed by atoms with E-state index in [2.05, 4.69) is 17.2 Å². The van der Waals surface area contributed by atoms with Gasteiger partial charge in [-0.25, -0.2) is 0 Å². The molecule has 0 radical (unpaired) electrons. The summed E-state index contributed by atoms with van der Waals surface area (Å²) in [6, 6.07) is 13.5. The van der Waals surface area contributed by atoms with Crippen molar-refractivity contribution in [2.75, 3.05) is 5.32 Å². The van der Waals surface area contributed by atoms with Crippen molar-refractivity contribution in [3.63, 3.8) is 0 Å². The zero-order valence-corrected chi connectivity index (χ0v) is 14.7. The van der Waals surface area contributed by atoms with Gasteiger partial charge in [-0.05, 0) is 36.8 Å². The molecule has 134 valence electrons. The molecule has 0 aliphatic heterocycles. The molecule has 0 heterocycles. The standard InChI is InChI=1S/C20H20N2O4/c1-13(2)19(24)21-12-16-7-4-5-10-18(16)22-20(25)15-8-6-9-17(11-15)26-14(3)23/h4-11H,1,12H2,2-3H3,(H,21,24)(H,22,25). The summed E-state index contributed by atoms with van der Waals surface area (Å²) in [4.78, 5) is 35.2. The van der Waals surface area contributed by atoms with Crippen molar-refractivity contribution in [2.24, 2.45) is 0 Å². The predicted octanol–water partition coefficient (Wildman–Crippen LogP) is 3.06. The summed E-state index contributed by atoms with van der Waals surface area (Å²) < 4.78 is 4.99. The second kappa shape index (κ2) is 8.62. The number of carbonyl (C=O) groups is 3. The SMILES string of the molecule is C=C(C)C(=O)NCc1ccccc1NC(=O)c1cccc(OC(C)=O)c1. The number of hydrogen-bond acceptors (Lipinski definition) is 4. The molecule has 0 saturated heterocycles. The van der Waals surface area contributed by atoms with Crippen molar-refractivity contribution < 1.29 is 19.1 Å². The summed E-state index contributed by atoms with van der Waals surface area (Å²) in [6.45, 7) is 6.77. The van der Waals surface area contributed by atoms with Gasteiger partial charge in [-0.3, -0.25) is 14.4 Å². The van der Waals surface area contributed by atoms with Gasteiger partial charge in [0.2, 0.25) is 5.91 Å². The fourth-order valence-corrected chi connectivity index (χ4v) is 2.18. The molecule has 2 rings (SSSR count). The molecule has 0 atom stereocenters. The molecule has 2 amide bonds. The summed E-state index contributed by atoms with van der Waals surface area (Å²) in [6.07, 6.45) is 0. The van der Waals surface area contributed by atoms with Gasteiger partial charge in [-0.1, -0.05) is 30.8 Å². The van der Waals surface area contributed by atoms with E-state index in [9.17, 15) is 14.4 Å². The van der Waals surface area contributed by atoms with Crippen molar-refractivity contribution in [3.05, 3.63) is 71.8 Å². The number of para-hydroxylation sites is 1. The van der Waals surface area contributed by atoms with Gasteiger partial charge in [0, 0.05) is 30.3 Å². The Labute approximate surface area is 151 Å². The van der Waals surface area contributed by atoms with Crippen LogP contribution in [0.2, 0.25) is 0 Å². The molecule has 0 aromatic heterocycles. The topological polar surface area (TPSA) is 84.5 Å². The molecular weight excluding hydrogens is 332 g/mol. The van der Waals surface area contributed by atoms with E-state index >= 15 is 0 Å². The molecule has 2 N–H and O–H groups in total. The molecule has 0 fully saturated rings. The third-order valence-electron chi connectivity index (χ3n) is 3.45. The van der Waals surface area contributed by atoms with Gasteiger partial charge in [0.25, 0.3) is 5.91 Å². The molecule has 6 heteroatoms.